The number of thioether (sulfide) groups is 1. The minimum absolute atomic E-state index is 0.174. The topological polar surface area (TPSA) is 12.4 Å². The predicted molar refractivity (Wildman–Crippen MR) is 64.3 cm³/mol. The number of rotatable bonds is 4. The molecule has 0 saturated carbocycles. The molecule has 0 aliphatic carbocycles. The third-order valence-corrected chi connectivity index (χ3v) is 2.04. The lowest BCUT2D eigenvalue weighted by molar-refractivity contribution is 0.806. The van der Waals surface area contributed by atoms with Crippen LogP contribution in [0.1, 0.15) is 20.8 Å². The smallest absolute Gasteiger partial charge is 0.0964 e. The molecule has 0 aromatic heterocycles. The van der Waals surface area contributed by atoms with E-state index in [2.05, 4.69) is 38.9 Å². The van der Waals surface area contributed by atoms with E-state index in [-0.39, 0.29) is 4.75 Å². The predicted octanol–water partition coefficient (Wildman–Crippen LogP) is 3.80. The Balaban J connectivity index is 4.45. The van der Waals surface area contributed by atoms with Crippen molar-refractivity contribution in [3.05, 3.63) is 36.4 Å². The highest BCUT2D eigenvalue weighted by molar-refractivity contribution is 8.04. The van der Waals surface area contributed by atoms with Gasteiger partial charge in [-0.15, -0.1) is 11.8 Å². The van der Waals surface area contributed by atoms with Crippen LogP contribution in [-0.4, -0.2) is 11.0 Å². The van der Waals surface area contributed by atoms with E-state index in [4.69, 9.17) is 0 Å². The molecule has 72 valence electrons. The average molecular weight is 195 g/mol. The van der Waals surface area contributed by atoms with Crippen molar-refractivity contribution < 1.29 is 0 Å². The summed E-state index contributed by atoms with van der Waals surface area (Å²) >= 11 is 1.71. The van der Waals surface area contributed by atoms with Gasteiger partial charge in [-0.1, -0.05) is 46.1 Å². The van der Waals surface area contributed by atoms with Crippen molar-refractivity contribution in [3.8, 4) is 0 Å². The Morgan fingerprint density at radius 3 is 2.23 bits per heavy atom. The molecule has 0 aromatic carbocycles. The SMILES string of the molecule is C=CC=N/C(=C\C=C)SC(C)(C)C. The summed E-state index contributed by atoms with van der Waals surface area (Å²) < 4.78 is 0.174. The maximum atomic E-state index is 4.23. The highest BCUT2D eigenvalue weighted by atomic mass is 32.2. The molecule has 0 aliphatic heterocycles. The maximum absolute atomic E-state index is 4.23. The molecule has 0 aromatic rings. The fourth-order valence-corrected chi connectivity index (χ4v) is 1.55. The quantitative estimate of drug-likeness (QED) is 0.491. The zero-order chi connectivity index (χ0) is 10.3. The van der Waals surface area contributed by atoms with E-state index in [0.29, 0.717) is 0 Å². The van der Waals surface area contributed by atoms with E-state index in [1.807, 2.05) is 6.08 Å². The molecule has 13 heavy (non-hydrogen) atoms. The molecule has 0 rings (SSSR count). The maximum Gasteiger partial charge on any atom is 0.0964 e. The summed E-state index contributed by atoms with van der Waals surface area (Å²) in [6.45, 7) is 13.7. The summed E-state index contributed by atoms with van der Waals surface area (Å²) in [5, 5.41) is 0.961. The molecule has 0 unspecified atom stereocenters. The van der Waals surface area contributed by atoms with Gasteiger partial charge in [0, 0.05) is 11.0 Å². The fraction of sp³-hybridized carbons (Fsp3) is 0.364. The number of aliphatic imine (C=N–C) groups is 1. The monoisotopic (exact) mass is 195 g/mol. The largest absolute Gasteiger partial charge is 0.250 e. The second-order valence-corrected chi connectivity index (χ2v) is 5.32. The number of allylic oxidation sites excluding steroid dienone is 3. The van der Waals surface area contributed by atoms with Crippen molar-refractivity contribution in [2.24, 2.45) is 4.99 Å². The number of nitrogens with zero attached hydrogens (tertiary/aromatic N) is 1. The molecule has 0 heterocycles. The van der Waals surface area contributed by atoms with E-state index in [1.165, 1.54) is 0 Å². The first-order valence-electron chi connectivity index (χ1n) is 4.16. The Labute approximate surface area is 85.3 Å². The lowest BCUT2D eigenvalue weighted by Gasteiger charge is -2.16. The molecule has 0 amide bonds. The van der Waals surface area contributed by atoms with Crippen LogP contribution in [0, 0.1) is 0 Å². The summed E-state index contributed by atoms with van der Waals surface area (Å²) in [6.07, 6.45) is 7.00. The van der Waals surface area contributed by atoms with Crippen LogP contribution < -0.4 is 0 Å². The van der Waals surface area contributed by atoms with E-state index in [9.17, 15) is 0 Å². The van der Waals surface area contributed by atoms with Gasteiger partial charge in [-0.2, -0.15) is 0 Å². The molecule has 0 aliphatic rings. The van der Waals surface area contributed by atoms with E-state index in [1.54, 1.807) is 30.1 Å². The molecule has 0 N–H and O–H groups in total. The van der Waals surface area contributed by atoms with Crippen molar-refractivity contribution in [1.29, 1.82) is 0 Å². The minimum Gasteiger partial charge on any atom is -0.250 e. The minimum atomic E-state index is 0.174. The molecule has 0 radical (unpaired) electrons. The molecular weight excluding hydrogens is 178 g/mol. The van der Waals surface area contributed by atoms with Gasteiger partial charge in [0.1, 0.15) is 0 Å². The highest BCUT2D eigenvalue weighted by Crippen LogP contribution is 2.31. The zero-order valence-corrected chi connectivity index (χ0v) is 9.40. The second-order valence-electron chi connectivity index (χ2n) is 3.47. The van der Waals surface area contributed by atoms with Crippen molar-refractivity contribution in [2.75, 3.05) is 0 Å². The molecule has 0 atom stereocenters. The molecule has 0 bridgehead atoms. The van der Waals surface area contributed by atoms with Gasteiger partial charge < -0.3 is 0 Å². The Kier molecular flexibility index (Phi) is 5.47. The van der Waals surface area contributed by atoms with Crippen LogP contribution >= 0.6 is 11.8 Å². The molecular formula is C11H17NS. The third kappa shape index (κ3) is 7.60. The van der Waals surface area contributed by atoms with Crippen LogP contribution in [0.3, 0.4) is 0 Å². The Morgan fingerprint density at radius 2 is 1.85 bits per heavy atom. The average Bonchev–Trinajstić information content (AvgIpc) is 1.98. The van der Waals surface area contributed by atoms with Crippen molar-refractivity contribution in [1.82, 2.24) is 0 Å². The highest BCUT2D eigenvalue weighted by Gasteiger charge is 2.12. The Hall–Kier alpha value is -0.760. The van der Waals surface area contributed by atoms with Crippen LogP contribution in [0.2, 0.25) is 0 Å². The Bertz CT molecular complexity index is 231. The zero-order valence-electron chi connectivity index (χ0n) is 8.58. The van der Waals surface area contributed by atoms with Crippen molar-refractivity contribution >= 4 is 18.0 Å². The first-order valence-corrected chi connectivity index (χ1v) is 4.98. The van der Waals surface area contributed by atoms with Gasteiger partial charge in [-0.05, 0) is 6.08 Å². The molecule has 2 heteroatoms. The van der Waals surface area contributed by atoms with E-state index < -0.39 is 0 Å². The standard InChI is InChI=1S/C11H17NS/c1-6-8-10(12-9-7-2)13-11(3,4)5/h6-9H,1-2H2,3-5H3/b10-8+,12-9?. The van der Waals surface area contributed by atoms with Crippen LogP contribution in [0.5, 0.6) is 0 Å². The van der Waals surface area contributed by atoms with Crippen LogP contribution in [0.15, 0.2) is 41.4 Å². The van der Waals surface area contributed by atoms with E-state index >= 15 is 0 Å². The number of hydrogen-bond donors (Lipinski definition) is 0. The Morgan fingerprint density at radius 1 is 1.23 bits per heavy atom. The molecule has 0 saturated heterocycles. The summed E-state index contributed by atoms with van der Waals surface area (Å²) in [4.78, 5) is 4.23. The first kappa shape index (κ1) is 12.2. The van der Waals surface area contributed by atoms with Gasteiger partial charge in [0.25, 0.3) is 0 Å². The van der Waals surface area contributed by atoms with Crippen LogP contribution in [0.4, 0.5) is 0 Å². The normalized spacial score (nSPS) is 13.3. The lowest BCUT2D eigenvalue weighted by Crippen LogP contribution is -2.06. The molecule has 0 spiro atoms. The second kappa shape index (κ2) is 5.81. The summed E-state index contributed by atoms with van der Waals surface area (Å²) in [5.41, 5.74) is 0. The molecule has 1 nitrogen and oxygen atoms in total. The van der Waals surface area contributed by atoms with Gasteiger partial charge in [-0.25, -0.2) is 4.99 Å². The van der Waals surface area contributed by atoms with Gasteiger partial charge in [-0.3, -0.25) is 0 Å². The van der Waals surface area contributed by atoms with Gasteiger partial charge in [0.15, 0.2) is 0 Å². The number of hydrogen-bond acceptors (Lipinski definition) is 2. The van der Waals surface area contributed by atoms with Gasteiger partial charge in [0.2, 0.25) is 0 Å². The summed E-state index contributed by atoms with van der Waals surface area (Å²) in [6, 6.07) is 0. The summed E-state index contributed by atoms with van der Waals surface area (Å²) in [7, 11) is 0. The van der Waals surface area contributed by atoms with Crippen molar-refractivity contribution in [3.63, 3.8) is 0 Å². The van der Waals surface area contributed by atoms with Crippen molar-refractivity contribution in [2.45, 2.75) is 25.5 Å². The fourth-order valence-electron chi connectivity index (χ4n) is 0.644. The van der Waals surface area contributed by atoms with Crippen LogP contribution in [0.25, 0.3) is 0 Å². The first-order chi connectivity index (χ1) is 5.99. The van der Waals surface area contributed by atoms with Crippen LogP contribution in [-0.2, 0) is 0 Å². The van der Waals surface area contributed by atoms with Gasteiger partial charge >= 0.3 is 0 Å². The molecule has 0 fully saturated rings. The third-order valence-electron chi connectivity index (χ3n) is 0.978. The summed E-state index contributed by atoms with van der Waals surface area (Å²) in [5.74, 6) is 0. The van der Waals surface area contributed by atoms with E-state index in [0.717, 1.165) is 5.03 Å². The van der Waals surface area contributed by atoms with Gasteiger partial charge in [0.05, 0.1) is 5.03 Å². The lowest BCUT2D eigenvalue weighted by atomic mass is 10.3.